The highest BCUT2D eigenvalue weighted by atomic mass is 35.5. The molecule has 6 nitrogen and oxygen atoms in total. The van der Waals surface area contributed by atoms with Crippen LogP contribution < -0.4 is 15.6 Å². The molecule has 0 saturated carbocycles. The van der Waals surface area contributed by atoms with Gasteiger partial charge in [-0.3, -0.25) is 9.59 Å². The summed E-state index contributed by atoms with van der Waals surface area (Å²) in [5.41, 5.74) is 4.80. The Bertz CT molecular complexity index is 1140. The minimum absolute atomic E-state index is 0.0661. The van der Waals surface area contributed by atoms with Crippen LogP contribution in [-0.4, -0.2) is 31.1 Å². The third-order valence-corrected chi connectivity index (χ3v) is 5.99. The van der Waals surface area contributed by atoms with E-state index < -0.39 is 11.8 Å². The Labute approximate surface area is 202 Å². The molecule has 0 aliphatic heterocycles. The lowest BCUT2D eigenvalue weighted by atomic mass is 10.2. The fourth-order valence-electron chi connectivity index (χ4n) is 3.09. The molecule has 0 aliphatic rings. The lowest BCUT2D eigenvalue weighted by Crippen LogP contribution is -2.33. The van der Waals surface area contributed by atoms with Crippen LogP contribution in [0.4, 0.5) is 5.69 Å². The number of hydrogen-bond donors (Lipinski definition) is 2. The number of hydrazone groups is 1. The highest BCUT2D eigenvalue weighted by Crippen LogP contribution is 2.17. The number of halogens is 1. The summed E-state index contributed by atoms with van der Waals surface area (Å²) in [6.07, 6.45) is 3.16. The standard InChI is InChI=1S/C25H25ClN4O2S/c1-3-30(4-2)19-13-11-18(12-14-19)17-27-29-25(32)23(16-20-8-7-15-33-20)28-24(31)21-9-5-6-10-22(21)26/h5-17H,3-4H2,1-2H3,(H,28,31)(H,29,32)/b23-16-,27-17?. The van der Waals surface area contributed by atoms with Crippen LogP contribution in [0.5, 0.6) is 0 Å². The molecule has 3 aromatic rings. The summed E-state index contributed by atoms with van der Waals surface area (Å²) >= 11 is 7.57. The first-order chi connectivity index (χ1) is 16.0. The Morgan fingerprint density at radius 3 is 2.39 bits per heavy atom. The molecule has 170 valence electrons. The molecule has 0 radical (unpaired) electrons. The van der Waals surface area contributed by atoms with Gasteiger partial charge in [0.1, 0.15) is 5.70 Å². The molecule has 33 heavy (non-hydrogen) atoms. The highest BCUT2D eigenvalue weighted by molar-refractivity contribution is 7.10. The van der Waals surface area contributed by atoms with E-state index >= 15 is 0 Å². The number of nitrogens with one attached hydrogen (secondary N) is 2. The Kier molecular flexibility index (Phi) is 8.80. The van der Waals surface area contributed by atoms with Gasteiger partial charge in [0.25, 0.3) is 11.8 Å². The number of anilines is 1. The molecule has 0 spiro atoms. The van der Waals surface area contributed by atoms with Crippen LogP contribution >= 0.6 is 22.9 Å². The van der Waals surface area contributed by atoms with E-state index in [0.717, 1.165) is 29.2 Å². The average Bonchev–Trinajstić information content (AvgIpc) is 3.34. The Hall–Kier alpha value is -3.42. The number of hydrogen-bond acceptors (Lipinski definition) is 5. The van der Waals surface area contributed by atoms with Gasteiger partial charge >= 0.3 is 0 Å². The molecule has 2 N–H and O–H groups in total. The fraction of sp³-hybridized carbons (Fsp3) is 0.160. The van der Waals surface area contributed by atoms with Crippen LogP contribution in [0.3, 0.4) is 0 Å². The third-order valence-electron chi connectivity index (χ3n) is 4.84. The first kappa shape index (κ1) is 24.2. The minimum Gasteiger partial charge on any atom is -0.372 e. The summed E-state index contributed by atoms with van der Waals surface area (Å²) in [5.74, 6) is -1.02. The molecule has 2 amide bonds. The molecule has 0 aliphatic carbocycles. The second kappa shape index (κ2) is 12.0. The average molecular weight is 481 g/mol. The van der Waals surface area contributed by atoms with Crippen molar-refractivity contribution in [2.75, 3.05) is 18.0 Å². The Balaban J connectivity index is 1.71. The summed E-state index contributed by atoms with van der Waals surface area (Å²) in [6, 6.07) is 18.3. The van der Waals surface area contributed by atoms with E-state index in [2.05, 4.69) is 34.6 Å². The number of benzene rings is 2. The fourth-order valence-corrected chi connectivity index (χ4v) is 3.97. The van der Waals surface area contributed by atoms with Crippen LogP contribution in [0.2, 0.25) is 5.02 Å². The molecule has 3 rings (SSSR count). The predicted molar refractivity (Wildman–Crippen MR) is 137 cm³/mol. The minimum atomic E-state index is -0.542. The van der Waals surface area contributed by atoms with Crippen LogP contribution in [0.25, 0.3) is 6.08 Å². The third kappa shape index (κ3) is 6.78. The number of thiophene rings is 1. The predicted octanol–water partition coefficient (Wildman–Crippen LogP) is 5.17. The van der Waals surface area contributed by atoms with Crippen LogP contribution in [0, 0.1) is 0 Å². The summed E-state index contributed by atoms with van der Waals surface area (Å²) in [6.45, 7) is 6.08. The lowest BCUT2D eigenvalue weighted by Gasteiger charge is -2.20. The molecule has 0 fully saturated rings. The molecule has 1 heterocycles. The molecule has 0 unspecified atom stereocenters. The van der Waals surface area contributed by atoms with Crippen molar-refractivity contribution >= 4 is 52.7 Å². The zero-order chi connectivity index (χ0) is 23.6. The van der Waals surface area contributed by atoms with Crippen molar-refractivity contribution in [2.24, 2.45) is 5.10 Å². The summed E-state index contributed by atoms with van der Waals surface area (Å²) in [4.78, 5) is 28.5. The smallest absolute Gasteiger partial charge is 0.287 e. The zero-order valence-electron chi connectivity index (χ0n) is 18.4. The van der Waals surface area contributed by atoms with Gasteiger partial charge < -0.3 is 10.2 Å². The number of carbonyl (C=O) groups excluding carboxylic acids is 2. The van der Waals surface area contributed by atoms with Crippen LogP contribution in [0.15, 0.2) is 76.8 Å². The van der Waals surface area contributed by atoms with E-state index in [4.69, 9.17) is 11.6 Å². The van der Waals surface area contributed by atoms with E-state index in [0.29, 0.717) is 5.02 Å². The maximum Gasteiger partial charge on any atom is 0.287 e. The molecule has 0 bridgehead atoms. The SMILES string of the molecule is CCN(CC)c1ccc(C=NNC(=O)/C(=C/c2cccs2)NC(=O)c2ccccc2Cl)cc1. The Morgan fingerprint density at radius 2 is 1.76 bits per heavy atom. The van der Waals surface area contributed by atoms with Crippen LogP contribution in [0.1, 0.15) is 34.6 Å². The van der Waals surface area contributed by atoms with Gasteiger partial charge in [-0.15, -0.1) is 11.3 Å². The first-order valence-electron chi connectivity index (χ1n) is 10.5. The van der Waals surface area contributed by atoms with E-state index in [1.165, 1.54) is 11.3 Å². The van der Waals surface area contributed by atoms with Gasteiger partial charge in [-0.25, -0.2) is 5.43 Å². The van der Waals surface area contributed by atoms with E-state index in [-0.39, 0.29) is 11.3 Å². The maximum atomic E-state index is 12.8. The summed E-state index contributed by atoms with van der Waals surface area (Å²) in [5, 5.41) is 8.89. The van der Waals surface area contributed by atoms with Gasteiger partial charge in [0.2, 0.25) is 0 Å². The molecule has 8 heteroatoms. The number of nitrogens with zero attached hydrogens (tertiary/aromatic N) is 2. The normalized spacial score (nSPS) is 11.4. The van der Waals surface area contributed by atoms with Crippen molar-refractivity contribution in [1.82, 2.24) is 10.7 Å². The molecule has 0 atom stereocenters. The molecule has 2 aromatic carbocycles. The number of amides is 2. The zero-order valence-corrected chi connectivity index (χ0v) is 20.0. The summed E-state index contributed by atoms with van der Waals surface area (Å²) in [7, 11) is 0. The molecular weight excluding hydrogens is 456 g/mol. The lowest BCUT2D eigenvalue weighted by molar-refractivity contribution is -0.117. The van der Waals surface area contributed by atoms with E-state index in [9.17, 15) is 9.59 Å². The van der Waals surface area contributed by atoms with Crippen molar-refractivity contribution in [1.29, 1.82) is 0 Å². The number of rotatable bonds is 9. The van der Waals surface area contributed by atoms with Gasteiger partial charge in [0.15, 0.2) is 0 Å². The van der Waals surface area contributed by atoms with Gasteiger partial charge in [-0.05, 0) is 61.2 Å². The monoisotopic (exact) mass is 480 g/mol. The molecular formula is C25H25ClN4O2S. The Morgan fingerprint density at radius 1 is 1.03 bits per heavy atom. The van der Waals surface area contributed by atoms with Gasteiger partial charge in [0.05, 0.1) is 16.8 Å². The van der Waals surface area contributed by atoms with Crippen molar-refractivity contribution in [2.45, 2.75) is 13.8 Å². The second-order valence-electron chi connectivity index (χ2n) is 6.97. The summed E-state index contributed by atoms with van der Waals surface area (Å²) < 4.78 is 0. The van der Waals surface area contributed by atoms with Crippen molar-refractivity contribution < 1.29 is 9.59 Å². The van der Waals surface area contributed by atoms with E-state index in [1.807, 2.05) is 41.8 Å². The number of carbonyl (C=O) groups is 2. The van der Waals surface area contributed by atoms with Crippen molar-refractivity contribution in [3.63, 3.8) is 0 Å². The topological polar surface area (TPSA) is 73.8 Å². The van der Waals surface area contributed by atoms with Crippen LogP contribution in [-0.2, 0) is 4.79 Å². The maximum absolute atomic E-state index is 12.8. The molecule has 1 aromatic heterocycles. The second-order valence-corrected chi connectivity index (χ2v) is 8.36. The first-order valence-corrected chi connectivity index (χ1v) is 11.8. The largest absolute Gasteiger partial charge is 0.372 e. The van der Waals surface area contributed by atoms with Crippen molar-refractivity contribution in [3.8, 4) is 0 Å². The quantitative estimate of drug-likeness (QED) is 0.252. The van der Waals surface area contributed by atoms with Crippen molar-refractivity contribution in [3.05, 3.63) is 92.8 Å². The van der Waals surface area contributed by atoms with Gasteiger partial charge in [0, 0.05) is 23.7 Å². The highest BCUT2D eigenvalue weighted by Gasteiger charge is 2.16. The van der Waals surface area contributed by atoms with Gasteiger partial charge in [-0.1, -0.05) is 41.9 Å². The van der Waals surface area contributed by atoms with Gasteiger partial charge in [-0.2, -0.15) is 5.10 Å². The molecule has 0 saturated heterocycles. The van der Waals surface area contributed by atoms with E-state index in [1.54, 1.807) is 36.6 Å².